The molecular weight excluding hydrogens is 314 g/mol. The third-order valence-electron chi connectivity index (χ3n) is 2.71. The molecule has 0 aliphatic carbocycles. The predicted molar refractivity (Wildman–Crippen MR) is 81.1 cm³/mol. The smallest absolute Gasteiger partial charge is 0.335 e. The summed E-state index contributed by atoms with van der Waals surface area (Å²) >= 11 is 7.07. The zero-order chi connectivity index (χ0) is 15.4. The Balaban J connectivity index is 2.21. The maximum absolute atomic E-state index is 11.0. The van der Waals surface area contributed by atoms with E-state index in [2.05, 4.69) is 0 Å². The molecule has 2 rings (SSSR count). The van der Waals surface area contributed by atoms with Crippen molar-refractivity contribution in [3.63, 3.8) is 0 Å². The first kappa shape index (κ1) is 15.3. The van der Waals surface area contributed by atoms with Gasteiger partial charge in [0.1, 0.15) is 0 Å². The van der Waals surface area contributed by atoms with Gasteiger partial charge in [0.25, 0.3) is 5.69 Å². The topological polar surface area (TPSA) is 80.4 Å². The molecule has 0 amide bonds. The van der Waals surface area contributed by atoms with Gasteiger partial charge in [-0.1, -0.05) is 23.7 Å². The number of carbonyl (C=O) groups is 1. The largest absolute Gasteiger partial charge is 0.478 e. The lowest BCUT2D eigenvalue weighted by Crippen LogP contribution is -1.99. The number of nitro groups is 1. The van der Waals surface area contributed by atoms with E-state index in [9.17, 15) is 14.9 Å². The molecular formula is C14H10ClNO4S. The highest BCUT2D eigenvalue weighted by Crippen LogP contribution is 2.32. The van der Waals surface area contributed by atoms with Crippen LogP contribution in [-0.2, 0) is 5.75 Å². The molecule has 0 heterocycles. The van der Waals surface area contributed by atoms with Crippen molar-refractivity contribution in [2.45, 2.75) is 10.6 Å². The Morgan fingerprint density at radius 3 is 2.48 bits per heavy atom. The molecule has 2 aromatic rings. The van der Waals surface area contributed by atoms with Crippen molar-refractivity contribution in [1.29, 1.82) is 0 Å². The molecule has 21 heavy (non-hydrogen) atoms. The third kappa shape index (κ3) is 3.96. The van der Waals surface area contributed by atoms with Gasteiger partial charge in [0.2, 0.25) is 0 Å². The standard InChI is InChI=1S/C14H10ClNO4S/c15-11-4-1-9(2-5-11)8-21-13-6-3-10(14(17)18)7-12(13)16(19)20/h1-7H,8H2,(H,17,18). The van der Waals surface area contributed by atoms with Crippen molar-refractivity contribution in [2.75, 3.05) is 0 Å². The summed E-state index contributed by atoms with van der Waals surface area (Å²) in [7, 11) is 0. The first-order valence-electron chi connectivity index (χ1n) is 5.86. The molecule has 0 aromatic heterocycles. The van der Waals surface area contributed by atoms with Gasteiger partial charge in [-0.2, -0.15) is 0 Å². The summed E-state index contributed by atoms with van der Waals surface area (Å²) in [6.45, 7) is 0. The second kappa shape index (κ2) is 6.60. The monoisotopic (exact) mass is 323 g/mol. The van der Waals surface area contributed by atoms with E-state index in [0.29, 0.717) is 15.7 Å². The number of hydrogen-bond acceptors (Lipinski definition) is 4. The molecule has 5 nitrogen and oxygen atoms in total. The summed E-state index contributed by atoms with van der Waals surface area (Å²) in [6, 6.07) is 11.1. The van der Waals surface area contributed by atoms with Gasteiger partial charge in [-0.05, 0) is 29.8 Å². The van der Waals surface area contributed by atoms with E-state index >= 15 is 0 Å². The molecule has 0 atom stereocenters. The lowest BCUT2D eigenvalue weighted by molar-refractivity contribution is -0.387. The second-order valence-electron chi connectivity index (χ2n) is 4.16. The van der Waals surface area contributed by atoms with Crippen LogP contribution in [-0.4, -0.2) is 16.0 Å². The molecule has 0 aliphatic heterocycles. The van der Waals surface area contributed by atoms with Gasteiger partial charge < -0.3 is 5.11 Å². The first-order valence-corrected chi connectivity index (χ1v) is 7.22. The van der Waals surface area contributed by atoms with Crippen molar-refractivity contribution >= 4 is 35.0 Å². The van der Waals surface area contributed by atoms with Crippen LogP contribution in [0.25, 0.3) is 0 Å². The van der Waals surface area contributed by atoms with Gasteiger partial charge in [0.05, 0.1) is 15.4 Å². The molecule has 0 saturated carbocycles. The van der Waals surface area contributed by atoms with Gasteiger partial charge in [-0.25, -0.2) is 4.79 Å². The molecule has 0 bridgehead atoms. The van der Waals surface area contributed by atoms with Gasteiger partial charge >= 0.3 is 5.97 Å². The van der Waals surface area contributed by atoms with Gasteiger partial charge in [0.15, 0.2) is 0 Å². The van der Waals surface area contributed by atoms with Crippen molar-refractivity contribution < 1.29 is 14.8 Å². The Morgan fingerprint density at radius 2 is 1.90 bits per heavy atom. The number of nitro benzene ring substituents is 1. The van der Waals surface area contributed by atoms with E-state index in [4.69, 9.17) is 16.7 Å². The molecule has 2 aromatic carbocycles. The highest BCUT2D eigenvalue weighted by atomic mass is 35.5. The molecule has 0 unspecified atom stereocenters. The van der Waals surface area contributed by atoms with E-state index in [1.807, 2.05) is 12.1 Å². The Hall–Kier alpha value is -2.05. The lowest BCUT2D eigenvalue weighted by Gasteiger charge is -2.04. The van der Waals surface area contributed by atoms with E-state index in [1.54, 1.807) is 12.1 Å². The first-order chi connectivity index (χ1) is 9.97. The Bertz CT molecular complexity index is 688. The number of carboxylic acid groups (broad SMARTS) is 1. The fourth-order valence-electron chi connectivity index (χ4n) is 1.66. The van der Waals surface area contributed by atoms with E-state index in [-0.39, 0.29) is 11.3 Å². The number of rotatable bonds is 5. The fraction of sp³-hybridized carbons (Fsp3) is 0.0714. The summed E-state index contributed by atoms with van der Waals surface area (Å²) in [5.41, 5.74) is 0.674. The van der Waals surface area contributed by atoms with Crippen molar-refractivity contribution in [3.8, 4) is 0 Å². The lowest BCUT2D eigenvalue weighted by atomic mass is 10.2. The van der Waals surface area contributed by atoms with Crippen LogP contribution in [0.1, 0.15) is 15.9 Å². The number of nitrogens with zero attached hydrogens (tertiary/aromatic N) is 1. The number of benzene rings is 2. The molecule has 108 valence electrons. The average molecular weight is 324 g/mol. The third-order valence-corrected chi connectivity index (χ3v) is 4.10. The van der Waals surface area contributed by atoms with Crippen LogP contribution in [0.2, 0.25) is 5.02 Å². The molecule has 0 radical (unpaired) electrons. The van der Waals surface area contributed by atoms with E-state index in [1.165, 1.54) is 23.9 Å². The predicted octanol–water partition coefficient (Wildman–Crippen LogP) is 4.24. The zero-order valence-electron chi connectivity index (χ0n) is 10.7. The Labute approximate surface area is 129 Å². The van der Waals surface area contributed by atoms with Crippen LogP contribution in [0.5, 0.6) is 0 Å². The highest BCUT2D eigenvalue weighted by molar-refractivity contribution is 7.98. The number of carboxylic acids is 1. The van der Waals surface area contributed by atoms with Crippen LogP contribution in [0, 0.1) is 10.1 Å². The Morgan fingerprint density at radius 1 is 1.24 bits per heavy atom. The van der Waals surface area contributed by atoms with Crippen molar-refractivity contribution in [1.82, 2.24) is 0 Å². The van der Waals surface area contributed by atoms with Crippen molar-refractivity contribution in [3.05, 3.63) is 68.7 Å². The SMILES string of the molecule is O=C(O)c1ccc(SCc2ccc(Cl)cc2)c([N+](=O)[O-])c1. The highest BCUT2D eigenvalue weighted by Gasteiger charge is 2.17. The molecule has 0 saturated heterocycles. The number of hydrogen-bond donors (Lipinski definition) is 1. The number of halogens is 1. The number of thioether (sulfide) groups is 1. The average Bonchev–Trinajstić information content (AvgIpc) is 2.46. The second-order valence-corrected chi connectivity index (χ2v) is 5.61. The molecule has 1 N–H and O–H groups in total. The van der Waals surface area contributed by atoms with Crippen LogP contribution in [0.4, 0.5) is 5.69 Å². The van der Waals surface area contributed by atoms with Crippen LogP contribution >= 0.6 is 23.4 Å². The summed E-state index contributed by atoms with van der Waals surface area (Å²) in [4.78, 5) is 21.7. The zero-order valence-corrected chi connectivity index (χ0v) is 12.2. The quantitative estimate of drug-likeness (QED) is 0.505. The molecule has 7 heteroatoms. The van der Waals surface area contributed by atoms with E-state index in [0.717, 1.165) is 11.6 Å². The number of aromatic carboxylic acids is 1. The van der Waals surface area contributed by atoms with Crippen LogP contribution in [0.3, 0.4) is 0 Å². The summed E-state index contributed by atoms with van der Waals surface area (Å²) in [5, 5.41) is 20.5. The minimum atomic E-state index is -1.19. The minimum Gasteiger partial charge on any atom is -0.478 e. The molecule has 0 aliphatic rings. The minimum absolute atomic E-state index is 0.0995. The van der Waals surface area contributed by atoms with Gasteiger partial charge in [-0.15, -0.1) is 11.8 Å². The van der Waals surface area contributed by atoms with Gasteiger partial charge in [-0.3, -0.25) is 10.1 Å². The maximum atomic E-state index is 11.0. The Kier molecular flexibility index (Phi) is 4.82. The summed E-state index contributed by atoms with van der Waals surface area (Å²) < 4.78 is 0. The van der Waals surface area contributed by atoms with Crippen LogP contribution in [0.15, 0.2) is 47.4 Å². The van der Waals surface area contributed by atoms with E-state index < -0.39 is 10.9 Å². The summed E-state index contributed by atoms with van der Waals surface area (Å²) in [6.07, 6.45) is 0. The van der Waals surface area contributed by atoms with Crippen LogP contribution < -0.4 is 0 Å². The fourth-order valence-corrected chi connectivity index (χ4v) is 2.74. The van der Waals surface area contributed by atoms with Crippen molar-refractivity contribution in [2.24, 2.45) is 0 Å². The maximum Gasteiger partial charge on any atom is 0.335 e. The summed E-state index contributed by atoms with van der Waals surface area (Å²) in [5.74, 6) is -0.655. The molecule has 0 fully saturated rings. The van der Waals surface area contributed by atoms with Gasteiger partial charge in [0, 0.05) is 16.8 Å². The molecule has 0 spiro atoms. The normalized spacial score (nSPS) is 10.3.